The van der Waals surface area contributed by atoms with E-state index >= 15 is 0 Å². The molecule has 0 bridgehead atoms. The van der Waals surface area contributed by atoms with E-state index in [0.29, 0.717) is 0 Å². The van der Waals surface area contributed by atoms with E-state index in [4.69, 9.17) is 0 Å². The minimum absolute atomic E-state index is 1.30. The second-order valence-electron chi connectivity index (χ2n) is 4.24. The molecule has 0 saturated carbocycles. The van der Waals surface area contributed by atoms with Crippen LogP contribution in [0.5, 0.6) is 0 Å². The minimum Gasteiger partial charge on any atom is -0.0683 e. The molecule has 0 heteroatoms. The van der Waals surface area contributed by atoms with Crippen LogP contribution in [0.4, 0.5) is 0 Å². The van der Waals surface area contributed by atoms with Gasteiger partial charge in [0.2, 0.25) is 0 Å². The highest BCUT2D eigenvalue weighted by Crippen LogP contribution is 2.22. The van der Waals surface area contributed by atoms with Crippen LogP contribution in [0.15, 0.2) is 42.5 Å². The van der Waals surface area contributed by atoms with Crippen LogP contribution >= 0.6 is 0 Å². The number of rotatable bonds is 1. The number of aryl methyl sites for hydroxylation is 3. The summed E-state index contributed by atoms with van der Waals surface area (Å²) in [5.41, 5.74) is 6.57. The molecule has 0 N–H and O–H groups in total. The molecule has 2 rings (SSSR count). The average Bonchev–Trinajstić information content (AvgIpc) is 2.43. The Morgan fingerprint density at radius 3 is 1.32 bits per heavy atom. The predicted molar refractivity (Wildman–Crippen MR) is 88.8 cm³/mol. The SMILES string of the molecule is CC.CC.Cc1ccc(-c2cc(C)cc(C)c2)cc1. The Kier molecular flexibility index (Phi) is 8.61. The van der Waals surface area contributed by atoms with Crippen molar-refractivity contribution in [3.05, 3.63) is 59.2 Å². The molecule has 0 aromatic heterocycles. The van der Waals surface area contributed by atoms with Crippen molar-refractivity contribution in [1.29, 1.82) is 0 Å². The van der Waals surface area contributed by atoms with E-state index in [-0.39, 0.29) is 0 Å². The molecule has 0 amide bonds. The summed E-state index contributed by atoms with van der Waals surface area (Å²) in [5, 5.41) is 0. The fourth-order valence-corrected chi connectivity index (χ4v) is 1.89. The highest BCUT2D eigenvalue weighted by atomic mass is 14.0. The van der Waals surface area contributed by atoms with Gasteiger partial charge < -0.3 is 0 Å². The zero-order valence-electron chi connectivity index (χ0n) is 13.5. The molecule has 0 fully saturated rings. The number of hydrogen-bond acceptors (Lipinski definition) is 0. The third-order valence-corrected chi connectivity index (χ3v) is 2.61. The standard InChI is InChI=1S/C15H16.2C2H6/c1-11-4-6-14(7-5-11)15-9-12(2)8-13(3)10-15;2*1-2/h4-10H,1-3H3;2*1-2H3. The maximum Gasteiger partial charge on any atom is -0.0179 e. The first kappa shape index (κ1) is 17.4. The van der Waals surface area contributed by atoms with Crippen LogP contribution in [0.2, 0.25) is 0 Å². The Hall–Kier alpha value is -1.56. The zero-order chi connectivity index (χ0) is 14.8. The summed E-state index contributed by atoms with van der Waals surface area (Å²) in [5.74, 6) is 0. The van der Waals surface area contributed by atoms with Crippen LogP contribution < -0.4 is 0 Å². The van der Waals surface area contributed by atoms with Gasteiger partial charge in [0.1, 0.15) is 0 Å². The van der Waals surface area contributed by atoms with Gasteiger partial charge in [-0.2, -0.15) is 0 Å². The summed E-state index contributed by atoms with van der Waals surface area (Å²) in [4.78, 5) is 0. The molecule has 0 atom stereocenters. The summed E-state index contributed by atoms with van der Waals surface area (Å²) in [6, 6.07) is 15.4. The molecule has 0 unspecified atom stereocenters. The molecule has 0 nitrogen and oxygen atoms in total. The van der Waals surface area contributed by atoms with Crippen molar-refractivity contribution < 1.29 is 0 Å². The summed E-state index contributed by atoms with van der Waals surface area (Å²) in [7, 11) is 0. The van der Waals surface area contributed by atoms with Gasteiger partial charge in [-0.3, -0.25) is 0 Å². The van der Waals surface area contributed by atoms with Crippen LogP contribution in [0.25, 0.3) is 11.1 Å². The van der Waals surface area contributed by atoms with Crippen molar-refractivity contribution in [1.82, 2.24) is 0 Å². The molecule has 0 spiro atoms. The van der Waals surface area contributed by atoms with E-state index in [9.17, 15) is 0 Å². The number of benzene rings is 2. The van der Waals surface area contributed by atoms with Gasteiger partial charge in [0.15, 0.2) is 0 Å². The van der Waals surface area contributed by atoms with E-state index in [1.807, 2.05) is 27.7 Å². The molecule has 0 aliphatic heterocycles. The Morgan fingerprint density at radius 1 is 0.474 bits per heavy atom. The van der Waals surface area contributed by atoms with Crippen molar-refractivity contribution in [2.24, 2.45) is 0 Å². The van der Waals surface area contributed by atoms with E-state index in [2.05, 4.69) is 63.2 Å². The first-order valence-electron chi connectivity index (χ1n) is 7.30. The van der Waals surface area contributed by atoms with Crippen molar-refractivity contribution >= 4 is 0 Å². The van der Waals surface area contributed by atoms with Crippen molar-refractivity contribution in [2.75, 3.05) is 0 Å². The Morgan fingerprint density at radius 2 is 0.895 bits per heavy atom. The lowest BCUT2D eigenvalue weighted by molar-refractivity contribution is 1.38. The second kappa shape index (κ2) is 9.38. The molecule has 0 aliphatic carbocycles. The third kappa shape index (κ3) is 5.74. The summed E-state index contributed by atoms with van der Waals surface area (Å²) < 4.78 is 0. The Balaban J connectivity index is 0.000000741. The predicted octanol–water partition coefficient (Wildman–Crippen LogP) is 6.33. The smallest absolute Gasteiger partial charge is 0.0179 e. The zero-order valence-corrected chi connectivity index (χ0v) is 13.5. The quantitative estimate of drug-likeness (QED) is 0.559. The lowest BCUT2D eigenvalue weighted by atomic mass is 10.00. The minimum atomic E-state index is 1.30. The summed E-state index contributed by atoms with van der Waals surface area (Å²) in [6.45, 7) is 14.4. The molecule has 0 radical (unpaired) electrons. The maximum atomic E-state index is 2.23. The maximum absolute atomic E-state index is 2.23. The molecule has 104 valence electrons. The summed E-state index contributed by atoms with van der Waals surface area (Å²) in [6.07, 6.45) is 0. The van der Waals surface area contributed by atoms with Crippen molar-refractivity contribution in [3.63, 3.8) is 0 Å². The van der Waals surface area contributed by atoms with Crippen LogP contribution in [-0.4, -0.2) is 0 Å². The average molecular weight is 256 g/mol. The van der Waals surface area contributed by atoms with Gasteiger partial charge in [-0.15, -0.1) is 0 Å². The van der Waals surface area contributed by atoms with Gasteiger partial charge in [0.25, 0.3) is 0 Å². The Labute approximate surface area is 119 Å². The van der Waals surface area contributed by atoms with Gasteiger partial charge in [-0.05, 0) is 31.9 Å². The van der Waals surface area contributed by atoms with Gasteiger partial charge in [0.05, 0.1) is 0 Å². The van der Waals surface area contributed by atoms with E-state index < -0.39 is 0 Å². The van der Waals surface area contributed by atoms with Crippen LogP contribution in [-0.2, 0) is 0 Å². The lowest BCUT2D eigenvalue weighted by Gasteiger charge is -2.05. The first-order chi connectivity index (χ1) is 9.15. The highest BCUT2D eigenvalue weighted by Gasteiger charge is 1.98. The largest absolute Gasteiger partial charge is 0.0683 e. The van der Waals surface area contributed by atoms with Crippen LogP contribution in [0.1, 0.15) is 44.4 Å². The van der Waals surface area contributed by atoms with Crippen LogP contribution in [0.3, 0.4) is 0 Å². The van der Waals surface area contributed by atoms with E-state index in [1.54, 1.807) is 0 Å². The molecule has 2 aromatic carbocycles. The topological polar surface area (TPSA) is 0 Å². The molecule has 19 heavy (non-hydrogen) atoms. The van der Waals surface area contributed by atoms with E-state index in [1.165, 1.54) is 27.8 Å². The van der Waals surface area contributed by atoms with Crippen LogP contribution in [0, 0.1) is 20.8 Å². The lowest BCUT2D eigenvalue weighted by Crippen LogP contribution is -1.82. The number of hydrogen-bond donors (Lipinski definition) is 0. The molecular formula is C19H28. The molecule has 0 aliphatic rings. The molecule has 0 saturated heterocycles. The van der Waals surface area contributed by atoms with E-state index in [0.717, 1.165) is 0 Å². The fourth-order valence-electron chi connectivity index (χ4n) is 1.89. The monoisotopic (exact) mass is 256 g/mol. The van der Waals surface area contributed by atoms with Gasteiger partial charge in [0, 0.05) is 0 Å². The van der Waals surface area contributed by atoms with Crippen molar-refractivity contribution in [2.45, 2.75) is 48.5 Å². The highest BCUT2D eigenvalue weighted by molar-refractivity contribution is 5.65. The second-order valence-corrected chi connectivity index (χ2v) is 4.24. The third-order valence-electron chi connectivity index (χ3n) is 2.61. The first-order valence-corrected chi connectivity index (χ1v) is 7.30. The normalized spacial score (nSPS) is 8.79. The fraction of sp³-hybridized carbons (Fsp3) is 0.368. The van der Waals surface area contributed by atoms with Gasteiger partial charge >= 0.3 is 0 Å². The molecular weight excluding hydrogens is 228 g/mol. The Bertz CT molecular complexity index is 444. The summed E-state index contributed by atoms with van der Waals surface area (Å²) >= 11 is 0. The van der Waals surface area contributed by atoms with Gasteiger partial charge in [-0.25, -0.2) is 0 Å². The van der Waals surface area contributed by atoms with Crippen molar-refractivity contribution in [3.8, 4) is 11.1 Å². The van der Waals surface area contributed by atoms with Gasteiger partial charge in [-0.1, -0.05) is 86.8 Å². The molecule has 2 aromatic rings. The molecule has 0 heterocycles.